The van der Waals surface area contributed by atoms with Crippen molar-refractivity contribution >= 4 is 11.9 Å². The van der Waals surface area contributed by atoms with E-state index < -0.39 is 23.6 Å². The van der Waals surface area contributed by atoms with Gasteiger partial charge in [0.15, 0.2) is 0 Å². The lowest BCUT2D eigenvalue weighted by molar-refractivity contribution is -0.140. The predicted octanol–water partition coefficient (Wildman–Crippen LogP) is 2.58. The predicted molar refractivity (Wildman–Crippen MR) is 82.4 cm³/mol. The molecule has 0 spiro atoms. The number of methoxy groups -OCH3 is 2. The average Bonchev–Trinajstić information content (AvgIpc) is 3.10. The molecule has 2 bridgehead atoms. The molecule has 2 atom stereocenters. The van der Waals surface area contributed by atoms with Gasteiger partial charge in [0.2, 0.25) is 0 Å². The van der Waals surface area contributed by atoms with Crippen molar-refractivity contribution in [2.75, 3.05) is 14.2 Å². The molecule has 2 aliphatic heterocycles. The van der Waals surface area contributed by atoms with Crippen molar-refractivity contribution in [3.8, 4) is 0 Å². The summed E-state index contributed by atoms with van der Waals surface area (Å²) in [6.45, 7) is 3.74. The van der Waals surface area contributed by atoms with Crippen LogP contribution in [0.4, 0.5) is 0 Å². The lowest BCUT2D eigenvalue weighted by Gasteiger charge is -2.29. The lowest BCUT2D eigenvalue weighted by Crippen LogP contribution is -2.32. The van der Waals surface area contributed by atoms with E-state index in [4.69, 9.17) is 14.2 Å². The first-order chi connectivity index (χ1) is 11.1. The molecule has 0 aromatic heterocycles. The van der Waals surface area contributed by atoms with Gasteiger partial charge in [-0.25, -0.2) is 9.59 Å². The van der Waals surface area contributed by atoms with Gasteiger partial charge in [0.05, 0.1) is 25.4 Å². The van der Waals surface area contributed by atoms with Gasteiger partial charge < -0.3 is 14.2 Å². The third-order valence-electron chi connectivity index (χ3n) is 4.43. The van der Waals surface area contributed by atoms with Crippen molar-refractivity contribution in [3.63, 3.8) is 0 Å². The Morgan fingerprint density at radius 2 is 1.96 bits per heavy atom. The summed E-state index contributed by atoms with van der Waals surface area (Å²) < 4.78 is 16.0. The summed E-state index contributed by atoms with van der Waals surface area (Å²) in [5.74, 6) is -1.13. The second-order valence-electron chi connectivity index (χ2n) is 5.51. The number of carbonyl (C=O) groups excluding carboxylic acids is 2. The highest BCUT2D eigenvalue weighted by Crippen LogP contribution is 2.60. The summed E-state index contributed by atoms with van der Waals surface area (Å²) in [6.07, 6.45) is 2.31. The van der Waals surface area contributed by atoms with Crippen molar-refractivity contribution in [1.29, 1.82) is 0 Å². The van der Waals surface area contributed by atoms with Crippen LogP contribution in [0.5, 0.6) is 0 Å². The maximum absolute atomic E-state index is 12.4. The van der Waals surface area contributed by atoms with E-state index >= 15 is 0 Å². The lowest BCUT2D eigenvalue weighted by atomic mass is 9.75. The molecule has 2 heterocycles. The first-order valence-electron chi connectivity index (χ1n) is 7.40. The normalized spacial score (nSPS) is 24.3. The van der Waals surface area contributed by atoms with Crippen LogP contribution in [0.1, 0.15) is 30.1 Å². The quantitative estimate of drug-likeness (QED) is 0.617. The van der Waals surface area contributed by atoms with Crippen molar-refractivity contribution in [1.82, 2.24) is 0 Å². The van der Waals surface area contributed by atoms with E-state index in [9.17, 15) is 9.59 Å². The molecule has 3 rings (SSSR count). The van der Waals surface area contributed by atoms with E-state index in [-0.39, 0.29) is 11.1 Å². The summed E-state index contributed by atoms with van der Waals surface area (Å²) in [5, 5.41) is 0. The van der Waals surface area contributed by atoms with Gasteiger partial charge in [-0.1, -0.05) is 30.3 Å². The molecule has 1 aromatic rings. The highest BCUT2D eigenvalue weighted by molar-refractivity contribution is 6.05. The molecule has 2 unspecified atom stereocenters. The highest BCUT2D eigenvalue weighted by atomic mass is 16.6. The van der Waals surface area contributed by atoms with Crippen molar-refractivity contribution in [2.24, 2.45) is 0 Å². The molecule has 0 fully saturated rings. The molecule has 120 valence electrons. The summed E-state index contributed by atoms with van der Waals surface area (Å²) in [7, 11) is 2.59. The van der Waals surface area contributed by atoms with Crippen LogP contribution in [0.3, 0.4) is 0 Å². The standard InChI is InChI=1S/C18H18O5/c1-4-5-10-18-12-9-7-6-8-11(12)15(23-18)13(16(19)21-2)14(18)17(20)22-3/h4,6-9,15H,1,5,10H2,2-3H3. The van der Waals surface area contributed by atoms with Crippen LogP contribution < -0.4 is 0 Å². The third kappa shape index (κ3) is 2.04. The molecule has 5 nitrogen and oxygen atoms in total. The van der Waals surface area contributed by atoms with Crippen molar-refractivity contribution < 1.29 is 23.8 Å². The van der Waals surface area contributed by atoms with Crippen LogP contribution in [-0.2, 0) is 29.4 Å². The molecule has 0 N–H and O–H groups in total. The number of rotatable bonds is 5. The summed E-state index contributed by atoms with van der Waals surface area (Å²) in [6, 6.07) is 7.62. The number of carbonyl (C=O) groups is 2. The molecule has 2 aliphatic rings. The fraction of sp³-hybridized carbons (Fsp3) is 0.333. The number of benzene rings is 1. The molecule has 0 saturated heterocycles. The minimum atomic E-state index is -0.980. The van der Waals surface area contributed by atoms with Gasteiger partial charge in [-0.15, -0.1) is 6.58 Å². The Balaban J connectivity index is 2.25. The van der Waals surface area contributed by atoms with Crippen LogP contribution >= 0.6 is 0 Å². The fourth-order valence-corrected chi connectivity index (χ4v) is 3.50. The molecule has 5 heteroatoms. The SMILES string of the molecule is C=CCCC12OC(C(C(=O)OC)=C1C(=O)OC)c1ccccc12. The largest absolute Gasteiger partial charge is 0.466 e. The van der Waals surface area contributed by atoms with Gasteiger partial charge >= 0.3 is 11.9 Å². The number of ether oxygens (including phenoxy) is 3. The van der Waals surface area contributed by atoms with E-state index in [1.165, 1.54) is 14.2 Å². The fourth-order valence-electron chi connectivity index (χ4n) is 3.50. The van der Waals surface area contributed by atoms with Gasteiger partial charge in [0.1, 0.15) is 11.7 Å². The number of allylic oxidation sites excluding steroid dienone is 1. The zero-order valence-corrected chi connectivity index (χ0v) is 13.1. The van der Waals surface area contributed by atoms with Crippen molar-refractivity contribution in [2.45, 2.75) is 24.5 Å². The minimum Gasteiger partial charge on any atom is -0.466 e. The molecule has 0 aliphatic carbocycles. The van der Waals surface area contributed by atoms with Crippen molar-refractivity contribution in [3.05, 3.63) is 59.2 Å². The summed E-state index contributed by atoms with van der Waals surface area (Å²) >= 11 is 0. The second kappa shape index (κ2) is 5.66. The highest BCUT2D eigenvalue weighted by Gasteiger charge is 2.59. The zero-order chi connectivity index (χ0) is 16.6. The summed E-state index contributed by atoms with van der Waals surface area (Å²) in [5.41, 5.74) is 1.30. The van der Waals surface area contributed by atoms with Crippen LogP contribution in [0.15, 0.2) is 48.1 Å². The van der Waals surface area contributed by atoms with Gasteiger partial charge in [0.25, 0.3) is 0 Å². The Kier molecular flexibility index (Phi) is 3.82. The van der Waals surface area contributed by atoms with E-state index in [0.29, 0.717) is 12.8 Å². The van der Waals surface area contributed by atoms with E-state index in [1.807, 2.05) is 24.3 Å². The van der Waals surface area contributed by atoms with E-state index in [1.54, 1.807) is 6.08 Å². The first-order valence-corrected chi connectivity index (χ1v) is 7.40. The Morgan fingerprint density at radius 1 is 1.26 bits per heavy atom. The van der Waals surface area contributed by atoms with Gasteiger partial charge in [-0.05, 0) is 24.0 Å². The Labute approximate surface area is 134 Å². The molecule has 0 saturated carbocycles. The number of esters is 2. The first kappa shape index (κ1) is 15.5. The maximum atomic E-state index is 12.4. The number of fused-ring (bicyclic) bond motifs is 5. The molecule has 0 radical (unpaired) electrons. The average molecular weight is 314 g/mol. The van der Waals surface area contributed by atoms with Gasteiger partial charge in [-0.2, -0.15) is 0 Å². The van der Waals surface area contributed by atoms with Crippen LogP contribution in [0.25, 0.3) is 0 Å². The second-order valence-corrected chi connectivity index (χ2v) is 5.51. The Hall–Kier alpha value is -2.40. The molecular formula is C18H18O5. The molecule has 0 amide bonds. The molecule has 23 heavy (non-hydrogen) atoms. The molecular weight excluding hydrogens is 296 g/mol. The van der Waals surface area contributed by atoms with Crippen LogP contribution in [0.2, 0.25) is 0 Å². The smallest absolute Gasteiger partial charge is 0.337 e. The number of hydrogen-bond acceptors (Lipinski definition) is 5. The Bertz CT molecular complexity index is 718. The number of hydrogen-bond donors (Lipinski definition) is 0. The van der Waals surface area contributed by atoms with E-state index in [0.717, 1.165) is 11.1 Å². The minimum absolute atomic E-state index is 0.238. The van der Waals surface area contributed by atoms with Gasteiger partial charge in [-0.3, -0.25) is 0 Å². The van der Waals surface area contributed by atoms with Gasteiger partial charge in [0, 0.05) is 0 Å². The monoisotopic (exact) mass is 314 g/mol. The summed E-state index contributed by atoms with van der Waals surface area (Å²) in [4.78, 5) is 24.7. The Morgan fingerprint density at radius 3 is 2.61 bits per heavy atom. The van der Waals surface area contributed by atoms with E-state index in [2.05, 4.69) is 6.58 Å². The zero-order valence-electron chi connectivity index (χ0n) is 13.1. The van der Waals surface area contributed by atoms with Crippen LogP contribution in [0, 0.1) is 0 Å². The molecule has 1 aromatic carbocycles. The topological polar surface area (TPSA) is 61.8 Å². The third-order valence-corrected chi connectivity index (χ3v) is 4.43. The van der Waals surface area contributed by atoms with Crippen LogP contribution in [-0.4, -0.2) is 26.2 Å². The maximum Gasteiger partial charge on any atom is 0.337 e.